The van der Waals surface area contributed by atoms with Gasteiger partial charge >= 0.3 is 0 Å². The van der Waals surface area contributed by atoms with Crippen molar-refractivity contribution in [2.24, 2.45) is 5.73 Å². The summed E-state index contributed by atoms with van der Waals surface area (Å²) in [5.41, 5.74) is 5.91. The van der Waals surface area contributed by atoms with Crippen molar-refractivity contribution in [3.05, 3.63) is 0 Å². The fourth-order valence-corrected chi connectivity index (χ4v) is 3.92. The molecule has 0 amide bonds. The van der Waals surface area contributed by atoms with E-state index in [1.54, 1.807) is 0 Å². The summed E-state index contributed by atoms with van der Waals surface area (Å²) in [5.74, 6) is 0. The lowest BCUT2D eigenvalue weighted by atomic mass is 9.97. The first kappa shape index (κ1) is 12.2. The first-order valence-electron chi connectivity index (χ1n) is 5.58. The standard InChI is InChI=1S/C10H23NO2Si/c1-14(2,12)10-5-3-4-9(8-10)13-7-6-11/h9-10,12H,3-8,11H2,1-2H3. The van der Waals surface area contributed by atoms with E-state index in [9.17, 15) is 4.80 Å². The number of rotatable bonds is 4. The van der Waals surface area contributed by atoms with Crippen LogP contribution < -0.4 is 5.73 Å². The van der Waals surface area contributed by atoms with Crippen molar-refractivity contribution in [3.63, 3.8) is 0 Å². The Labute approximate surface area is 87.8 Å². The lowest BCUT2D eigenvalue weighted by Crippen LogP contribution is -2.37. The van der Waals surface area contributed by atoms with Crippen LogP contribution in [0.15, 0.2) is 0 Å². The molecule has 3 nitrogen and oxygen atoms in total. The molecule has 1 aliphatic rings. The van der Waals surface area contributed by atoms with Gasteiger partial charge in [-0.3, -0.25) is 0 Å². The highest BCUT2D eigenvalue weighted by Gasteiger charge is 2.34. The molecule has 0 aliphatic heterocycles. The molecular formula is C10H23NO2Si. The van der Waals surface area contributed by atoms with Gasteiger partial charge in [-0.1, -0.05) is 12.8 Å². The van der Waals surface area contributed by atoms with E-state index in [-0.39, 0.29) is 0 Å². The Hall–Kier alpha value is 0.0969. The predicted octanol–water partition coefficient (Wildman–Crippen LogP) is 1.47. The molecule has 3 N–H and O–H groups in total. The minimum Gasteiger partial charge on any atom is -0.432 e. The molecule has 0 radical (unpaired) electrons. The molecule has 1 aliphatic carbocycles. The van der Waals surface area contributed by atoms with Gasteiger partial charge in [0.25, 0.3) is 0 Å². The van der Waals surface area contributed by atoms with Gasteiger partial charge in [0.05, 0.1) is 12.7 Å². The van der Waals surface area contributed by atoms with Crippen molar-refractivity contribution in [2.75, 3.05) is 13.2 Å². The number of ether oxygens (including phenoxy) is 1. The zero-order valence-corrected chi connectivity index (χ0v) is 10.3. The molecule has 2 unspecified atom stereocenters. The molecule has 0 heterocycles. The van der Waals surface area contributed by atoms with Crippen molar-refractivity contribution in [1.82, 2.24) is 0 Å². The zero-order valence-electron chi connectivity index (χ0n) is 9.33. The summed E-state index contributed by atoms with van der Waals surface area (Å²) in [5, 5.41) is 0. The average Bonchev–Trinajstić information content (AvgIpc) is 2.14. The third kappa shape index (κ3) is 3.69. The monoisotopic (exact) mass is 217 g/mol. The minimum absolute atomic E-state index is 0.344. The smallest absolute Gasteiger partial charge is 0.185 e. The van der Waals surface area contributed by atoms with Crippen LogP contribution in [-0.4, -0.2) is 32.4 Å². The highest BCUT2D eigenvalue weighted by molar-refractivity contribution is 6.71. The fourth-order valence-electron chi connectivity index (χ4n) is 2.17. The first-order chi connectivity index (χ1) is 6.54. The highest BCUT2D eigenvalue weighted by atomic mass is 28.4. The van der Waals surface area contributed by atoms with Crippen LogP contribution in [0.2, 0.25) is 18.6 Å². The Bertz CT molecular complexity index is 170. The van der Waals surface area contributed by atoms with E-state index in [1.807, 2.05) is 13.1 Å². The summed E-state index contributed by atoms with van der Waals surface area (Å²) in [6.07, 6.45) is 4.89. The molecule has 0 saturated heterocycles. The maximum Gasteiger partial charge on any atom is 0.185 e. The molecule has 0 spiro atoms. The second-order valence-corrected chi connectivity index (χ2v) is 8.92. The van der Waals surface area contributed by atoms with Crippen molar-refractivity contribution in [2.45, 2.75) is 50.4 Å². The van der Waals surface area contributed by atoms with E-state index < -0.39 is 8.32 Å². The van der Waals surface area contributed by atoms with Crippen LogP contribution in [0.1, 0.15) is 25.7 Å². The number of hydrogen-bond donors (Lipinski definition) is 2. The van der Waals surface area contributed by atoms with E-state index in [0.29, 0.717) is 24.8 Å². The van der Waals surface area contributed by atoms with Crippen LogP contribution in [-0.2, 0) is 4.74 Å². The molecule has 0 aromatic carbocycles. The molecule has 1 rings (SSSR count). The summed E-state index contributed by atoms with van der Waals surface area (Å²) in [6, 6.07) is 0. The van der Waals surface area contributed by atoms with Gasteiger partial charge in [-0.15, -0.1) is 0 Å². The molecule has 14 heavy (non-hydrogen) atoms. The van der Waals surface area contributed by atoms with Crippen molar-refractivity contribution in [3.8, 4) is 0 Å². The van der Waals surface area contributed by atoms with Gasteiger partial charge < -0.3 is 15.3 Å². The fraction of sp³-hybridized carbons (Fsp3) is 1.00. The van der Waals surface area contributed by atoms with Crippen molar-refractivity contribution >= 4 is 8.32 Å². The molecule has 2 atom stereocenters. The van der Waals surface area contributed by atoms with Crippen LogP contribution in [0.4, 0.5) is 0 Å². The molecule has 0 bridgehead atoms. The van der Waals surface area contributed by atoms with Gasteiger partial charge in [-0.05, 0) is 31.5 Å². The Balaban J connectivity index is 2.36. The second-order valence-electron chi connectivity index (χ2n) is 4.80. The van der Waals surface area contributed by atoms with E-state index >= 15 is 0 Å². The van der Waals surface area contributed by atoms with Gasteiger partial charge in [0, 0.05) is 6.54 Å². The van der Waals surface area contributed by atoms with Crippen molar-refractivity contribution in [1.29, 1.82) is 0 Å². The quantitative estimate of drug-likeness (QED) is 0.701. The molecule has 1 saturated carbocycles. The normalized spacial score (nSPS) is 29.1. The minimum atomic E-state index is -1.95. The van der Waals surface area contributed by atoms with Crippen LogP contribution in [0.25, 0.3) is 0 Å². The molecule has 0 aromatic heterocycles. The third-order valence-electron chi connectivity index (χ3n) is 3.10. The van der Waals surface area contributed by atoms with Crippen LogP contribution >= 0.6 is 0 Å². The highest BCUT2D eigenvalue weighted by Crippen LogP contribution is 2.36. The number of nitrogens with two attached hydrogens (primary N) is 1. The Morgan fingerprint density at radius 2 is 2.14 bits per heavy atom. The van der Waals surface area contributed by atoms with Gasteiger partial charge in [-0.2, -0.15) is 0 Å². The number of hydrogen-bond acceptors (Lipinski definition) is 3. The van der Waals surface area contributed by atoms with Crippen LogP contribution in [0.5, 0.6) is 0 Å². The molecule has 1 fully saturated rings. The predicted molar refractivity (Wildman–Crippen MR) is 60.7 cm³/mol. The first-order valence-corrected chi connectivity index (χ1v) is 8.60. The lowest BCUT2D eigenvalue weighted by Gasteiger charge is -2.34. The van der Waals surface area contributed by atoms with Gasteiger partial charge in [0.2, 0.25) is 0 Å². The maximum absolute atomic E-state index is 10.0. The van der Waals surface area contributed by atoms with Gasteiger partial charge in [-0.25, -0.2) is 0 Å². The summed E-state index contributed by atoms with van der Waals surface area (Å²) < 4.78 is 5.64. The van der Waals surface area contributed by atoms with Gasteiger partial charge in [0.15, 0.2) is 8.32 Å². The summed E-state index contributed by atoms with van der Waals surface area (Å²) in [4.78, 5) is 10.0. The van der Waals surface area contributed by atoms with E-state index in [4.69, 9.17) is 10.5 Å². The molecule has 0 aromatic rings. The van der Waals surface area contributed by atoms with E-state index in [1.165, 1.54) is 12.8 Å². The van der Waals surface area contributed by atoms with Crippen LogP contribution in [0.3, 0.4) is 0 Å². The lowest BCUT2D eigenvalue weighted by molar-refractivity contribution is 0.0316. The Morgan fingerprint density at radius 1 is 1.43 bits per heavy atom. The summed E-state index contributed by atoms with van der Waals surface area (Å²) >= 11 is 0. The van der Waals surface area contributed by atoms with Crippen LogP contribution in [0, 0.1) is 0 Å². The van der Waals surface area contributed by atoms with Gasteiger partial charge in [0.1, 0.15) is 0 Å². The Kier molecular flexibility index (Phi) is 4.57. The maximum atomic E-state index is 10.0. The Morgan fingerprint density at radius 3 is 2.71 bits per heavy atom. The second kappa shape index (κ2) is 5.26. The topological polar surface area (TPSA) is 55.5 Å². The SMILES string of the molecule is C[Si](C)(O)C1CCCC(OCCN)C1. The molecular weight excluding hydrogens is 194 g/mol. The summed E-state index contributed by atoms with van der Waals surface area (Å²) in [7, 11) is -1.95. The van der Waals surface area contributed by atoms with E-state index in [0.717, 1.165) is 12.8 Å². The third-order valence-corrected chi connectivity index (χ3v) is 5.62. The average molecular weight is 217 g/mol. The van der Waals surface area contributed by atoms with E-state index in [2.05, 4.69) is 0 Å². The summed E-state index contributed by atoms with van der Waals surface area (Å²) in [6.45, 7) is 5.32. The molecule has 84 valence electrons. The molecule has 4 heteroatoms. The van der Waals surface area contributed by atoms with Crippen molar-refractivity contribution < 1.29 is 9.53 Å². The largest absolute Gasteiger partial charge is 0.432 e. The zero-order chi connectivity index (χ0) is 10.6.